The van der Waals surface area contributed by atoms with Crippen LogP contribution < -0.4 is 0 Å². The average molecular weight is 495 g/mol. The zero-order valence-electron chi connectivity index (χ0n) is 19.3. The Balaban J connectivity index is 1.71. The number of rotatable bonds is 7. The van der Waals surface area contributed by atoms with Crippen molar-refractivity contribution in [3.05, 3.63) is 102 Å². The van der Waals surface area contributed by atoms with Crippen LogP contribution in [0.2, 0.25) is 0 Å². The van der Waals surface area contributed by atoms with Gasteiger partial charge in [-0.25, -0.2) is 0 Å². The summed E-state index contributed by atoms with van der Waals surface area (Å²) in [5.74, 6) is 0.454. The predicted octanol–water partition coefficient (Wildman–Crippen LogP) is 5.11. The van der Waals surface area contributed by atoms with Gasteiger partial charge in [-0.1, -0.05) is 78.4 Å². The molecule has 1 heterocycles. The minimum absolute atomic E-state index is 0.0690. The summed E-state index contributed by atoms with van der Waals surface area (Å²) in [6.07, 6.45) is 3.04. The first-order valence-electron chi connectivity index (χ1n) is 11.6. The number of likely N-dealkylation sites (tertiary alicyclic amines) is 1. The van der Waals surface area contributed by atoms with Gasteiger partial charge in [-0.2, -0.15) is 8.42 Å². The molecule has 1 fully saturated rings. The van der Waals surface area contributed by atoms with Gasteiger partial charge in [0.25, 0.3) is 10.0 Å². The summed E-state index contributed by atoms with van der Waals surface area (Å²) < 4.78 is 44.5. The zero-order chi connectivity index (χ0) is 24.0. The second-order valence-electron chi connectivity index (χ2n) is 8.57. The fraction of sp³-hybridized carbons (Fsp3) is 0.296. The van der Waals surface area contributed by atoms with Crippen LogP contribution in [-0.4, -0.2) is 42.2 Å². The van der Waals surface area contributed by atoms with Crippen molar-refractivity contribution in [1.29, 1.82) is 0 Å². The Hall–Kier alpha value is -2.77. The summed E-state index contributed by atoms with van der Waals surface area (Å²) in [7, 11) is -5.34. The van der Waals surface area contributed by atoms with Crippen LogP contribution in [0.25, 0.3) is 0 Å². The molecule has 0 bridgehead atoms. The highest BCUT2D eigenvalue weighted by Crippen LogP contribution is 2.29. The van der Waals surface area contributed by atoms with Gasteiger partial charge in [0.2, 0.25) is 0 Å². The topological polar surface area (TPSA) is 66.8 Å². The van der Waals surface area contributed by atoms with E-state index in [2.05, 4.69) is 4.40 Å². The molecule has 0 radical (unpaired) electrons. The maximum Gasteiger partial charge on any atom is 0.283 e. The second-order valence-corrected chi connectivity index (χ2v) is 11.7. The van der Waals surface area contributed by atoms with E-state index in [4.69, 9.17) is 0 Å². The van der Waals surface area contributed by atoms with Crippen LogP contribution in [0, 0.1) is 6.92 Å². The Labute approximate surface area is 205 Å². The van der Waals surface area contributed by atoms with Gasteiger partial charge >= 0.3 is 0 Å². The van der Waals surface area contributed by atoms with Crippen molar-refractivity contribution in [1.82, 2.24) is 4.90 Å². The minimum Gasteiger partial charge on any atom is -0.359 e. The standard InChI is InChI=1S/C27H30N2O3S2/c1-22-15-17-25(18-16-22)34(31,32)28-26(29-19-9-4-10-20-29)21-33(30)27(23-11-5-2-6-12-23)24-13-7-3-8-14-24/h2-3,5-8,11-18,27H,4,9-10,19-21H2,1H3/b28-26-. The highest BCUT2D eigenvalue weighted by Gasteiger charge is 2.27. The zero-order valence-corrected chi connectivity index (χ0v) is 21.0. The lowest BCUT2D eigenvalue weighted by molar-refractivity contribution is 0.341. The van der Waals surface area contributed by atoms with Crippen LogP contribution in [0.1, 0.15) is 41.2 Å². The van der Waals surface area contributed by atoms with Crippen LogP contribution in [0.5, 0.6) is 0 Å². The Bertz CT molecular complexity index is 1200. The molecule has 0 aliphatic carbocycles. The monoisotopic (exact) mass is 494 g/mol. The molecule has 0 saturated carbocycles. The molecule has 7 heteroatoms. The molecule has 3 aromatic rings. The van der Waals surface area contributed by atoms with E-state index < -0.39 is 20.8 Å². The molecule has 0 N–H and O–H groups in total. The molecule has 34 heavy (non-hydrogen) atoms. The fourth-order valence-electron chi connectivity index (χ4n) is 4.19. The fourth-order valence-corrected chi connectivity index (χ4v) is 6.91. The quantitative estimate of drug-likeness (QED) is 0.338. The highest BCUT2D eigenvalue weighted by molar-refractivity contribution is 7.90. The summed E-state index contributed by atoms with van der Waals surface area (Å²) in [5, 5.41) is -0.375. The number of benzene rings is 3. The SMILES string of the molecule is Cc1ccc(S(=O)(=O)/N=C(/CS(=O)C(c2ccccc2)c2ccccc2)N2CCCCC2)cc1. The van der Waals surface area contributed by atoms with Crippen LogP contribution in [0.15, 0.2) is 94.2 Å². The van der Waals surface area contributed by atoms with Crippen molar-refractivity contribution in [2.45, 2.75) is 36.3 Å². The smallest absolute Gasteiger partial charge is 0.283 e. The normalized spacial score (nSPS) is 15.9. The van der Waals surface area contributed by atoms with Gasteiger partial charge in [0.1, 0.15) is 5.84 Å². The number of hydrogen-bond donors (Lipinski definition) is 0. The summed E-state index contributed by atoms with van der Waals surface area (Å²) >= 11 is 0. The Kier molecular flexibility index (Phi) is 7.95. The molecule has 178 valence electrons. The number of aryl methyl sites for hydroxylation is 1. The van der Waals surface area contributed by atoms with Gasteiger partial charge in [-0.15, -0.1) is 4.40 Å². The first-order chi connectivity index (χ1) is 16.4. The van der Waals surface area contributed by atoms with Gasteiger partial charge in [0.15, 0.2) is 0 Å². The molecule has 0 aromatic heterocycles. The van der Waals surface area contributed by atoms with E-state index in [1.807, 2.05) is 72.5 Å². The van der Waals surface area contributed by atoms with Gasteiger partial charge < -0.3 is 4.90 Å². The van der Waals surface area contributed by atoms with Crippen molar-refractivity contribution < 1.29 is 12.6 Å². The number of nitrogens with zero attached hydrogens (tertiary/aromatic N) is 2. The molecule has 1 aliphatic heterocycles. The first kappa shape index (κ1) is 24.4. The number of amidine groups is 1. The molecule has 4 rings (SSSR count). The maximum atomic E-state index is 13.9. The maximum absolute atomic E-state index is 13.9. The summed E-state index contributed by atoms with van der Waals surface area (Å²) in [4.78, 5) is 2.15. The summed E-state index contributed by atoms with van der Waals surface area (Å²) in [5.41, 5.74) is 2.85. The van der Waals surface area contributed by atoms with E-state index in [1.165, 1.54) is 0 Å². The molecule has 0 spiro atoms. The molecule has 5 nitrogen and oxygen atoms in total. The van der Waals surface area contributed by atoms with E-state index >= 15 is 0 Å². The number of hydrogen-bond acceptors (Lipinski definition) is 3. The van der Waals surface area contributed by atoms with Gasteiger partial charge in [-0.3, -0.25) is 4.21 Å². The van der Waals surface area contributed by atoms with E-state index in [0.717, 1.165) is 49.0 Å². The lowest BCUT2D eigenvalue weighted by atomic mass is 10.0. The van der Waals surface area contributed by atoms with E-state index in [-0.39, 0.29) is 15.9 Å². The van der Waals surface area contributed by atoms with Gasteiger partial charge in [-0.05, 0) is 49.4 Å². The molecule has 0 amide bonds. The molecule has 1 aliphatic rings. The van der Waals surface area contributed by atoms with E-state index in [9.17, 15) is 12.6 Å². The number of piperidine rings is 1. The second kappa shape index (κ2) is 11.1. The third kappa shape index (κ3) is 6.02. The van der Waals surface area contributed by atoms with Crippen molar-refractivity contribution in [3.63, 3.8) is 0 Å². The summed E-state index contributed by atoms with van der Waals surface area (Å²) in [6.45, 7) is 3.36. The molecule has 1 unspecified atom stereocenters. The molecule has 3 aromatic carbocycles. The van der Waals surface area contributed by atoms with Crippen molar-refractivity contribution in [2.24, 2.45) is 4.40 Å². The predicted molar refractivity (Wildman–Crippen MR) is 139 cm³/mol. The minimum atomic E-state index is -3.91. The third-order valence-electron chi connectivity index (χ3n) is 6.00. The highest BCUT2D eigenvalue weighted by atomic mass is 32.2. The average Bonchev–Trinajstić information content (AvgIpc) is 2.86. The lowest BCUT2D eigenvalue weighted by Gasteiger charge is -2.30. The van der Waals surface area contributed by atoms with Crippen LogP contribution in [0.3, 0.4) is 0 Å². The third-order valence-corrected chi connectivity index (χ3v) is 8.94. The van der Waals surface area contributed by atoms with Crippen molar-refractivity contribution in [2.75, 3.05) is 18.8 Å². The van der Waals surface area contributed by atoms with Gasteiger partial charge in [0, 0.05) is 23.9 Å². The molecule has 1 atom stereocenters. The van der Waals surface area contributed by atoms with Crippen LogP contribution in [0.4, 0.5) is 0 Å². The van der Waals surface area contributed by atoms with Crippen molar-refractivity contribution in [3.8, 4) is 0 Å². The van der Waals surface area contributed by atoms with Crippen LogP contribution >= 0.6 is 0 Å². The van der Waals surface area contributed by atoms with Crippen LogP contribution in [-0.2, 0) is 20.8 Å². The first-order valence-corrected chi connectivity index (χ1v) is 14.4. The van der Waals surface area contributed by atoms with Crippen molar-refractivity contribution >= 4 is 26.7 Å². The Morgan fingerprint density at radius 1 is 0.853 bits per heavy atom. The molecular weight excluding hydrogens is 464 g/mol. The Morgan fingerprint density at radius 3 is 1.91 bits per heavy atom. The Morgan fingerprint density at radius 2 is 1.38 bits per heavy atom. The van der Waals surface area contributed by atoms with E-state index in [0.29, 0.717) is 5.84 Å². The number of sulfonamides is 1. The largest absolute Gasteiger partial charge is 0.359 e. The molecule has 1 saturated heterocycles. The van der Waals surface area contributed by atoms with Gasteiger partial charge in [0.05, 0.1) is 15.9 Å². The van der Waals surface area contributed by atoms with E-state index in [1.54, 1.807) is 24.3 Å². The molecular formula is C27H30N2O3S2. The summed E-state index contributed by atoms with van der Waals surface area (Å²) in [6, 6.07) is 26.2. The lowest BCUT2D eigenvalue weighted by Crippen LogP contribution is -2.39.